The van der Waals surface area contributed by atoms with Crippen molar-refractivity contribution in [2.75, 3.05) is 7.11 Å². The average molecular weight is 363 g/mol. The highest BCUT2D eigenvalue weighted by Crippen LogP contribution is 2.28. The zero-order valence-electron chi connectivity index (χ0n) is 15.5. The number of fused-ring (bicyclic) bond motifs is 1. The molecule has 3 aromatic rings. The molecule has 0 heterocycles. The smallest absolute Gasteiger partial charge is 0.303 e. The van der Waals surface area contributed by atoms with Crippen LogP contribution < -0.4 is 10.1 Å². The Morgan fingerprint density at radius 2 is 1.70 bits per heavy atom. The molecule has 3 aromatic carbocycles. The normalized spacial score (nSPS) is 12.0. The molecule has 0 aliphatic carbocycles. The molecule has 27 heavy (non-hydrogen) atoms. The third kappa shape index (κ3) is 5.08. The third-order valence-electron chi connectivity index (χ3n) is 4.81. The topological polar surface area (TPSA) is 58.6 Å². The van der Waals surface area contributed by atoms with Crippen molar-refractivity contribution in [2.24, 2.45) is 0 Å². The standard InChI is InChI=1S/C23H25NO3/c1-27-22-13-11-18(20-9-5-6-10-21(20)22)16-24-19(12-14-23(25)26)15-17-7-3-2-4-8-17/h2-11,13,19,24H,12,14-16H2,1H3,(H,25,26). The minimum atomic E-state index is -0.759. The van der Waals surface area contributed by atoms with Gasteiger partial charge in [0.15, 0.2) is 0 Å². The number of aliphatic carboxylic acids is 1. The number of carboxylic acid groups (broad SMARTS) is 1. The van der Waals surface area contributed by atoms with Crippen molar-refractivity contribution in [3.63, 3.8) is 0 Å². The quantitative estimate of drug-likeness (QED) is 0.591. The summed E-state index contributed by atoms with van der Waals surface area (Å²) < 4.78 is 5.47. The van der Waals surface area contributed by atoms with Gasteiger partial charge in [-0.15, -0.1) is 0 Å². The van der Waals surface area contributed by atoms with Gasteiger partial charge >= 0.3 is 5.97 Å². The van der Waals surface area contributed by atoms with Crippen molar-refractivity contribution in [3.05, 3.63) is 77.9 Å². The van der Waals surface area contributed by atoms with E-state index in [4.69, 9.17) is 9.84 Å². The van der Waals surface area contributed by atoms with Crippen molar-refractivity contribution in [2.45, 2.75) is 31.8 Å². The summed E-state index contributed by atoms with van der Waals surface area (Å²) in [4.78, 5) is 11.0. The van der Waals surface area contributed by atoms with E-state index in [0.29, 0.717) is 13.0 Å². The van der Waals surface area contributed by atoms with Gasteiger partial charge in [0.25, 0.3) is 0 Å². The highest BCUT2D eigenvalue weighted by molar-refractivity contribution is 5.91. The van der Waals surface area contributed by atoms with E-state index in [1.165, 1.54) is 11.1 Å². The van der Waals surface area contributed by atoms with Crippen molar-refractivity contribution in [1.82, 2.24) is 5.32 Å². The van der Waals surface area contributed by atoms with Crippen LogP contribution in [0.1, 0.15) is 24.0 Å². The molecule has 4 heteroatoms. The highest BCUT2D eigenvalue weighted by Gasteiger charge is 2.13. The number of rotatable bonds is 9. The van der Waals surface area contributed by atoms with Gasteiger partial charge in [0.2, 0.25) is 0 Å². The first-order valence-corrected chi connectivity index (χ1v) is 9.21. The first-order valence-electron chi connectivity index (χ1n) is 9.21. The predicted molar refractivity (Wildman–Crippen MR) is 108 cm³/mol. The molecule has 0 aliphatic rings. The molecular weight excluding hydrogens is 338 g/mol. The molecule has 0 bridgehead atoms. The van der Waals surface area contributed by atoms with Gasteiger partial charge in [-0.2, -0.15) is 0 Å². The number of nitrogens with one attached hydrogen (secondary N) is 1. The summed E-state index contributed by atoms with van der Waals surface area (Å²) in [7, 11) is 1.68. The van der Waals surface area contributed by atoms with Gasteiger partial charge in [0.05, 0.1) is 7.11 Å². The van der Waals surface area contributed by atoms with Crippen LogP contribution >= 0.6 is 0 Å². The largest absolute Gasteiger partial charge is 0.496 e. The second-order valence-corrected chi connectivity index (χ2v) is 6.67. The molecule has 0 radical (unpaired) electrons. The molecule has 140 valence electrons. The van der Waals surface area contributed by atoms with E-state index in [1.54, 1.807) is 7.11 Å². The van der Waals surface area contributed by atoms with Gasteiger partial charge < -0.3 is 15.2 Å². The molecule has 3 rings (SSSR count). The SMILES string of the molecule is COc1ccc(CNC(CCC(=O)O)Cc2ccccc2)c2ccccc12. The maximum atomic E-state index is 11.0. The molecular formula is C23H25NO3. The lowest BCUT2D eigenvalue weighted by atomic mass is 10.00. The molecule has 0 spiro atoms. The van der Waals surface area contributed by atoms with Crippen LogP contribution in [-0.2, 0) is 17.8 Å². The Bertz CT molecular complexity index is 893. The average Bonchev–Trinajstić information content (AvgIpc) is 2.70. The number of methoxy groups -OCH3 is 1. The van der Waals surface area contributed by atoms with Crippen LogP contribution in [-0.4, -0.2) is 24.2 Å². The lowest BCUT2D eigenvalue weighted by Gasteiger charge is -2.19. The van der Waals surface area contributed by atoms with E-state index in [0.717, 1.165) is 22.9 Å². The first kappa shape index (κ1) is 18.9. The Morgan fingerprint density at radius 3 is 2.41 bits per heavy atom. The van der Waals surface area contributed by atoms with E-state index in [2.05, 4.69) is 35.6 Å². The van der Waals surface area contributed by atoms with Crippen LogP contribution in [0.3, 0.4) is 0 Å². The molecule has 0 aliphatic heterocycles. The van der Waals surface area contributed by atoms with Crippen LogP contribution in [0.5, 0.6) is 5.75 Å². The Labute approximate surface area is 159 Å². The summed E-state index contributed by atoms with van der Waals surface area (Å²) in [5.41, 5.74) is 2.39. The summed E-state index contributed by atoms with van der Waals surface area (Å²) in [5, 5.41) is 14.9. The molecule has 4 nitrogen and oxygen atoms in total. The van der Waals surface area contributed by atoms with Crippen LogP contribution in [0.4, 0.5) is 0 Å². The van der Waals surface area contributed by atoms with Crippen molar-refractivity contribution >= 4 is 16.7 Å². The zero-order valence-corrected chi connectivity index (χ0v) is 15.5. The number of ether oxygens (including phenoxy) is 1. The minimum absolute atomic E-state index is 0.101. The van der Waals surface area contributed by atoms with Gasteiger partial charge in [-0.1, -0.05) is 60.7 Å². The minimum Gasteiger partial charge on any atom is -0.496 e. The summed E-state index contributed by atoms with van der Waals surface area (Å²) in [6.45, 7) is 0.682. The van der Waals surface area contributed by atoms with Crippen LogP contribution in [0.2, 0.25) is 0 Å². The number of hydrogen-bond acceptors (Lipinski definition) is 3. The van der Waals surface area contributed by atoms with E-state index in [1.807, 2.05) is 36.4 Å². The zero-order chi connectivity index (χ0) is 19.1. The summed E-state index contributed by atoms with van der Waals surface area (Å²) >= 11 is 0. The highest BCUT2D eigenvalue weighted by atomic mass is 16.5. The van der Waals surface area contributed by atoms with E-state index >= 15 is 0 Å². The predicted octanol–water partition coefficient (Wildman–Crippen LogP) is 4.41. The van der Waals surface area contributed by atoms with Gasteiger partial charge in [-0.25, -0.2) is 0 Å². The van der Waals surface area contributed by atoms with Crippen LogP contribution in [0.15, 0.2) is 66.7 Å². The second-order valence-electron chi connectivity index (χ2n) is 6.67. The second kappa shape index (κ2) is 9.19. The van der Waals surface area contributed by atoms with Gasteiger partial charge in [0.1, 0.15) is 5.75 Å². The molecule has 0 saturated carbocycles. The third-order valence-corrected chi connectivity index (χ3v) is 4.81. The Balaban J connectivity index is 1.76. The maximum absolute atomic E-state index is 11.0. The van der Waals surface area contributed by atoms with Crippen molar-refractivity contribution < 1.29 is 14.6 Å². The first-order chi connectivity index (χ1) is 13.2. The number of carbonyl (C=O) groups is 1. The lowest BCUT2D eigenvalue weighted by Crippen LogP contribution is -2.31. The summed E-state index contributed by atoms with van der Waals surface area (Å²) in [6, 6.07) is 22.5. The fraction of sp³-hybridized carbons (Fsp3) is 0.261. The summed E-state index contributed by atoms with van der Waals surface area (Å²) in [6.07, 6.45) is 1.56. The van der Waals surface area contributed by atoms with E-state index < -0.39 is 5.97 Å². The Kier molecular flexibility index (Phi) is 6.44. The Morgan fingerprint density at radius 1 is 1.00 bits per heavy atom. The number of benzene rings is 3. The van der Waals surface area contributed by atoms with Crippen LogP contribution in [0.25, 0.3) is 10.8 Å². The van der Waals surface area contributed by atoms with Gasteiger partial charge in [0, 0.05) is 24.4 Å². The Hall–Kier alpha value is -2.85. The maximum Gasteiger partial charge on any atom is 0.303 e. The monoisotopic (exact) mass is 363 g/mol. The summed E-state index contributed by atoms with van der Waals surface area (Å²) in [5.74, 6) is 0.103. The molecule has 2 N–H and O–H groups in total. The van der Waals surface area contributed by atoms with E-state index in [9.17, 15) is 4.79 Å². The van der Waals surface area contributed by atoms with Crippen molar-refractivity contribution in [3.8, 4) is 5.75 Å². The van der Waals surface area contributed by atoms with Crippen LogP contribution in [0, 0.1) is 0 Å². The fourth-order valence-corrected chi connectivity index (χ4v) is 3.39. The number of carboxylic acids is 1. The number of hydrogen-bond donors (Lipinski definition) is 2. The van der Waals surface area contributed by atoms with Gasteiger partial charge in [-0.3, -0.25) is 4.79 Å². The lowest BCUT2D eigenvalue weighted by molar-refractivity contribution is -0.137. The van der Waals surface area contributed by atoms with E-state index in [-0.39, 0.29) is 12.5 Å². The molecule has 0 saturated heterocycles. The molecule has 0 fully saturated rings. The molecule has 1 atom stereocenters. The molecule has 1 unspecified atom stereocenters. The van der Waals surface area contributed by atoms with Gasteiger partial charge in [-0.05, 0) is 35.4 Å². The fourth-order valence-electron chi connectivity index (χ4n) is 3.39. The van der Waals surface area contributed by atoms with Crippen molar-refractivity contribution in [1.29, 1.82) is 0 Å². The molecule has 0 amide bonds. The molecule has 0 aromatic heterocycles.